The third-order valence-electron chi connectivity index (χ3n) is 5.91. The molecule has 7 heteroatoms. The molecule has 2 atom stereocenters. The van der Waals surface area contributed by atoms with Crippen LogP contribution in [0.15, 0.2) is 35.9 Å². The predicted molar refractivity (Wildman–Crippen MR) is 118 cm³/mol. The van der Waals surface area contributed by atoms with Crippen LogP contribution in [0.4, 0.5) is 4.39 Å². The summed E-state index contributed by atoms with van der Waals surface area (Å²) in [6.07, 6.45) is 5.51. The largest absolute Gasteiger partial charge is 0.481 e. The van der Waals surface area contributed by atoms with Crippen LogP contribution in [0.3, 0.4) is 0 Å². The van der Waals surface area contributed by atoms with E-state index in [1.807, 2.05) is 7.05 Å². The first-order chi connectivity index (χ1) is 14.4. The molecule has 0 bridgehead atoms. The molecule has 0 radical (unpaired) electrons. The average Bonchev–Trinajstić information content (AvgIpc) is 3.54. The van der Waals surface area contributed by atoms with E-state index in [0.717, 1.165) is 24.8 Å². The zero-order valence-electron chi connectivity index (χ0n) is 17.5. The zero-order chi connectivity index (χ0) is 21.7. The Morgan fingerprint density at radius 3 is 2.73 bits per heavy atom. The summed E-state index contributed by atoms with van der Waals surface area (Å²) in [7, 11) is 1.96. The van der Waals surface area contributed by atoms with Gasteiger partial charge in [0.25, 0.3) is 0 Å². The van der Waals surface area contributed by atoms with E-state index >= 15 is 0 Å². The molecule has 1 heterocycles. The number of Topliss-reactive ketones (excluding diaryl/α,β-unsaturated/α-hetero) is 1. The van der Waals surface area contributed by atoms with Crippen molar-refractivity contribution in [1.29, 1.82) is 0 Å². The number of likely N-dealkylation sites (tertiary alicyclic amines) is 1. The standard InChI is InChI=1S/C23H31FN2O3S/c1-25(12-4-7-21(27)28)13-10-17-15-26(14-11-20(17)30)22(23(29)16-8-9-16)18-5-2-3-6-19(18)24/h2-3,5-6,10,16,20,22,30H,4,7-9,11-15H2,1H3,(H,27,28)/b17-10+. The Kier molecular flexibility index (Phi) is 8.08. The number of nitrogens with zero attached hydrogens (tertiary/aromatic N) is 2. The maximum Gasteiger partial charge on any atom is 0.303 e. The summed E-state index contributed by atoms with van der Waals surface area (Å²) in [5.41, 5.74) is 1.61. The van der Waals surface area contributed by atoms with Gasteiger partial charge < -0.3 is 10.0 Å². The Morgan fingerprint density at radius 2 is 2.07 bits per heavy atom. The van der Waals surface area contributed by atoms with Gasteiger partial charge in [-0.2, -0.15) is 12.6 Å². The smallest absolute Gasteiger partial charge is 0.303 e. The van der Waals surface area contributed by atoms with E-state index in [2.05, 4.69) is 15.9 Å². The summed E-state index contributed by atoms with van der Waals surface area (Å²) in [5.74, 6) is -0.924. The highest BCUT2D eigenvalue weighted by molar-refractivity contribution is 7.81. The molecular formula is C23H31FN2O3S. The van der Waals surface area contributed by atoms with Crippen molar-refractivity contribution in [3.8, 4) is 0 Å². The van der Waals surface area contributed by atoms with Gasteiger partial charge in [0.1, 0.15) is 5.82 Å². The summed E-state index contributed by atoms with van der Waals surface area (Å²) in [4.78, 5) is 27.9. The molecule has 1 aliphatic heterocycles. The van der Waals surface area contributed by atoms with Crippen molar-refractivity contribution in [2.24, 2.45) is 5.92 Å². The van der Waals surface area contributed by atoms with Gasteiger partial charge in [0, 0.05) is 42.8 Å². The lowest BCUT2D eigenvalue weighted by atomic mass is 9.93. The van der Waals surface area contributed by atoms with Gasteiger partial charge in [0.05, 0.1) is 6.04 Å². The Morgan fingerprint density at radius 1 is 1.33 bits per heavy atom. The molecular weight excluding hydrogens is 403 g/mol. The first-order valence-electron chi connectivity index (χ1n) is 10.7. The minimum Gasteiger partial charge on any atom is -0.481 e. The Labute approximate surface area is 183 Å². The Bertz CT molecular complexity index is 796. The highest BCUT2D eigenvalue weighted by Crippen LogP contribution is 2.39. The van der Waals surface area contributed by atoms with Crippen molar-refractivity contribution in [2.45, 2.75) is 43.4 Å². The van der Waals surface area contributed by atoms with Crippen molar-refractivity contribution in [1.82, 2.24) is 9.80 Å². The van der Waals surface area contributed by atoms with Crippen LogP contribution in [-0.2, 0) is 9.59 Å². The van der Waals surface area contributed by atoms with Crippen LogP contribution in [0.25, 0.3) is 0 Å². The number of likely N-dealkylation sites (N-methyl/N-ethyl adjacent to an activating group) is 1. The quantitative estimate of drug-likeness (QED) is 0.435. The molecule has 2 unspecified atom stereocenters. The zero-order valence-corrected chi connectivity index (χ0v) is 18.4. The maximum absolute atomic E-state index is 14.6. The summed E-state index contributed by atoms with van der Waals surface area (Å²) in [6.45, 7) is 2.70. The molecule has 1 N–H and O–H groups in total. The number of piperidine rings is 1. The number of carboxylic acids is 1. The SMILES string of the molecule is CN(C/C=C1\CN(C(C(=O)C2CC2)c2ccccc2F)CCC1S)CCCC(=O)O. The second-order valence-electron chi connectivity index (χ2n) is 8.41. The van der Waals surface area contributed by atoms with Gasteiger partial charge in [-0.1, -0.05) is 24.3 Å². The van der Waals surface area contributed by atoms with E-state index in [-0.39, 0.29) is 29.2 Å². The number of carbonyl (C=O) groups is 2. The third kappa shape index (κ3) is 6.15. The summed E-state index contributed by atoms with van der Waals surface area (Å²) in [5, 5.41) is 8.89. The minimum atomic E-state index is -0.778. The number of thiol groups is 1. The molecule has 1 aliphatic carbocycles. The topological polar surface area (TPSA) is 60.9 Å². The summed E-state index contributed by atoms with van der Waals surface area (Å²) in [6, 6.07) is 6.06. The number of halogens is 1. The molecule has 164 valence electrons. The van der Waals surface area contributed by atoms with E-state index in [1.165, 1.54) is 6.07 Å². The second kappa shape index (κ2) is 10.6. The molecule has 1 aromatic rings. The first kappa shape index (κ1) is 23.0. The maximum atomic E-state index is 14.6. The second-order valence-corrected chi connectivity index (χ2v) is 9.04. The van der Waals surface area contributed by atoms with E-state index in [1.54, 1.807) is 18.2 Å². The molecule has 0 spiro atoms. The van der Waals surface area contributed by atoms with Crippen molar-refractivity contribution >= 4 is 24.4 Å². The molecule has 0 amide bonds. The van der Waals surface area contributed by atoms with E-state index in [9.17, 15) is 14.0 Å². The van der Waals surface area contributed by atoms with Crippen LogP contribution in [0.5, 0.6) is 0 Å². The number of rotatable bonds is 10. The van der Waals surface area contributed by atoms with Crippen molar-refractivity contribution in [2.75, 3.05) is 33.2 Å². The number of carboxylic acid groups (broad SMARTS) is 1. The van der Waals surface area contributed by atoms with Crippen LogP contribution in [-0.4, -0.2) is 65.1 Å². The molecule has 1 aromatic carbocycles. The van der Waals surface area contributed by atoms with Gasteiger partial charge >= 0.3 is 5.97 Å². The van der Waals surface area contributed by atoms with Gasteiger partial charge in [-0.15, -0.1) is 0 Å². The highest BCUT2D eigenvalue weighted by atomic mass is 32.1. The molecule has 30 heavy (non-hydrogen) atoms. The fourth-order valence-corrected chi connectivity index (χ4v) is 4.30. The van der Waals surface area contributed by atoms with E-state index < -0.39 is 12.0 Å². The van der Waals surface area contributed by atoms with Gasteiger partial charge in [0.2, 0.25) is 0 Å². The molecule has 1 saturated heterocycles. The van der Waals surface area contributed by atoms with Crippen LogP contribution in [0.1, 0.15) is 43.7 Å². The number of ketones is 1. The normalized spacial score (nSPS) is 22.4. The third-order valence-corrected chi connectivity index (χ3v) is 6.50. The lowest BCUT2D eigenvalue weighted by Crippen LogP contribution is -2.43. The fourth-order valence-electron chi connectivity index (χ4n) is 4.00. The fraction of sp³-hybridized carbons (Fsp3) is 0.565. The van der Waals surface area contributed by atoms with Crippen LogP contribution in [0, 0.1) is 11.7 Å². The van der Waals surface area contributed by atoms with Gasteiger partial charge in [-0.05, 0) is 50.9 Å². The average molecular weight is 435 g/mol. The van der Waals surface area contributed by atoms with Gasteiger partial charge in [0.15, 0.2) is 5.78 Å². The van der Waals surface area contributed by atoms with Crippen LogP contribution >= 0.6 is 12.6 Å². The molecule has 1 saturated carbocycles. The molecule has 2 aliphatic rings. The van der Waals surface area contributed by atoms with Crippen LogP contribution in [0.2, 0.25) is 0 Å². The van der Waals surface area contributed by atoms with Crippen LogP contribution < -0.4 is 0 Å². The number of hydrogen-bond acceptors (Lipinski definition) is 5. The number of aliphatic carboxylic acids is 1. The lowest BCUT2D eigenvalue weighted by Gasteiger charge is -2.38. The number of hydrogen-bond donors (Lipinski definition) is 2. The number of carbonyl (C=O) groups excluding carboxylic acids is 1. The van der Waals surface area contributed by atoms with Gasteiger partial charge in [-0.3, -0.25) is 14.5 Å². The van der Waals surface area contributed by atoms with E-state index in [4.69, 9.17) is 17.7 Å². The van der Waals surface area contributed by atoms with Gasteiger partial charge in [-0.25, -0.2) is 4.39 Å². The molecule has 0 aromatic heterocycles. The van der Waals surface area contributed by atoms with E-state index in [0.29, 0.717) is 38.2 Å². The first-order valence-corrected chi connectivity index (χ1v) is 11.2. The number of benzene rings is 1. The molecule has 5 nitrogen and oxygen atoms in total. The van der Waals surface area contributed by atoms with Crippen molar-refractivity contribution in [3.63, 3.8) is 0 Å². The van der Waals surface area contributed by atoms with Crippen molar-refractivity contribution < 1.29 is 19.1 Å². The highest BCUT2D eigenvalue weighted by Gasteiger charge is 2.40. The Balaban J connectivity index is 1.70. The Hall–Kier alpha value is -1.70. The summed E-state index contributed by atoms with van der Waals surface area (Å²) < 4.78 is 14.6. The predicted octanol–water partition coefficient (Wildman–Crippen LogP) is 3.57. The monoisotopic (exact) mass is 434 g/mol. The summed E-state index contributed by atoms with van der Waals surface area (Å²) >= 11 is 4.73. The molecule has 2 fully saturated rings. The van der Waals surface area contributed by atoms with Crippen molar-refractivity contribution in [3.05, 3.63) is 47.3 Å². The molecule has 3 rings (SSSR count). The lowest BCUT2D eigenvalue weighted by molar-refractivity contribution is -0.137. The minimum absolute atomic E-state index is 0.0520.